The average Bonchev–Trinajstić information content (AvgIpc) is 3.39. The molecule has 14 nitrogen and oxygen atoms in total. The Hall–Kier alpha value is 0.465. The summed E-state index contributed by atoms with van der Waals surface area (Å²) in [7, 11) is -32.8. The molecule has 6 aliphatic heterocycles. The lowest BCUT2D eigenvalue weighted by Crippen LogP contribution is -2.91. The highest BCUT2D eigenvalue weighted by Crippen LogP contribution is 2.65. The van der Waals surface area contributed by atoms with Crippen LogP contribution in [0.25, 0.3) is 0 Å². The third-order valence-electron chi connectivity index (χ3n) is 19.4. The number of ether oxygens (including phenoxy) is 1. The maximum atomic E-state index is 13.1. The summed E-state index contributed by atoms with van der Waals surface area (Å²) in [4.78, 5) is 13.1. The van der Waals surface area contributed by atoms with E-state index in [2.05, 4.69) is 6.58 Å². The second-order valence-corrected chi connectivity index (χ2v) is 50.3. The van der Waals surface area contributed by atoms with Crippen LogP contribution in [-0.2, 0) is 58.9 Å². The molecule has 0 atom stereocenters. The summed E-state index contributed by atoms with van der Waals surface area (Å²) < 4.78 is 110. The molecule has 0 aromatic heterocycles. The zero-order chi connectivity index (χ0) is 48.3. The van der Waals surface area contributed by atoms with Gasteiger partial charge in [0.15, 0.2) is 0 Å². The van der Waals surface area contributed by atoms with Crippen LogP contribution in [-0.4, -0.2) is 83.0 Å². The van der Waals surface area contributed by atoms with Crippen LogP contribution in [0.15, 0.2) is 12.2 Å². The quantitative estimate of drug-likeness (QED) is 0.0793. The van der Waals surface area contributed by atoms with E-state index in [1.54, 1.807) is 6.92 Å². The second-order valence-electron chi connectivity index (χ2n) is 24.5. The standard InChI is InChI=1S/C49H88O14Si8/c1-41(2)49(50)51-39-24-40-64-52-65(42-25-10-3-11-26-42)55-68(45-31-16-6-17-32-45)57-66(53-64,43-27-12-4-13-28-43)59-70(47-35-20-8-21-36-47)60-67(54-64,44-29-14-5-15-30-44)58-69(56-65,46-33-18-7-19-34-46)62-71(61-68,63-70)48-37-22-9-23-38-48/h42-48H,1,3-40H2,2H3. The molecule has 71 heavy (non-hydrogen) atoms. The van der Waals surface area contributed by atoms with E-state index in [-0.39, 0.29) is 45.4 Å². The van der Waals surface area contributed by atoms with Gasteiger partial charge in [0.25, 0.3) is 0 Å². The van der Waals surface area contributed by atoms with Crippen molar-refractivity contribution in [1.29, 1.82) is 0 Å². The molecule has 7 saturated carbocycles. The van der Waals surface area contributed by atoms with E-state index in [0.717, 1.165) is 199 Å². The van der Waals surface area contributed by atoms with Crippen LogP contribution >= 0.6 is 0 Å². The minimum Gasteiger partial charge on any atom is -0.462 e. The van der Waals surface area contributed by atoms with Crippen LogP contribution < -0.4 is 0 Å². The Morgan fingerprint density at radius 1 is 0.352 bits per heavy atom. The van der Waals surface area contributed by atoms with Crippen molar-refractivity contribution in [1.82, 2.24) is 0 Å². The van der Waals surface area contributed by atoms with Gasteiger partial charge in [-0.15, -0.1) is 0 Å². The molecule has 8 bridgehead atoms. The molecule has 22 heteroatoms. The molecule has 7 aliphatic carbocycles. The van der Waals surface area contributed by atoms with E-state index >= 15 is 0 Å². The van der Waals surface area contributed by atoms with Gasteiger partial charge in [0.05, 0.1) is 6.61 Å². The first-order valence-corrected chi connectivity index (χ1v) is 44.3. The number of esters is 1. The van der Waals surface area contributed by atoms with Crippen molar-refractivity contribution < 1.29 is 58.9 Å². The zero-order valence-electron chi connectivity index (χ0n) is 43.3. The van der Waals surface area contributed by atoms with Gasteiger partial charge in [-0.2, -0.15) is 0 Å². The highest BCUT2D eigenvalue weighted by Gasteiger charge is 2.88. The fraction of sp³-hybridized carbons (Fsp3) is 0.939. The van der Waals surface area contributed by atoms with Crippen LogP contribution in [0.4, 0.5) is 0 Å². The van der Waals surface area contributed by atoms with Crippen molar-refractivity contribution in [2.45, 2.75) is 283 Å². The Bertz CT molecular complexity index is 1690. The second kappa shape index (κ2) is 21.3. The zero-order valence-corrected chi connectivity index (χ0v) is 51.3. The highest BCUT2D eigenvalue weighted by molar-refractivity contribution is 7.04. The van der Waals surface area contributed by atoms with Gasteiger partial charge >= 0.3 is 76.4 Å². The number of carbonyl (C=O) groups excluding carboxylic acids is 1. The fourth-order valence-corrected chi connectivity index (χ4v) is 71.7. The van der Waals surface area contributed by atoms with Crippen LogP contribution in [0.1, 0.15) is 238 Å². The summed E-state index contributed by atoms with van der Waals surface area (Å²) in [6.45, 7) is 5.78. The molecule has 6 saturated heterocycles. The number of hydrogen-bond acceptors (Lipinski definition) is 14. The molecule has 400 valence electrons. The highest BCUT2D eigenvalue weighted by atomic mass is 28.6. The largest absolute Gasteiger partial charge is 0.482 e. The third-order valence-corrected chi connectivity index (χ3v) is 59.0. The molecular formula is C49H88O14Si8. The van der Waals surface area contributed by atoms with E-state index in [0.29, 0.717) is 18.0 Å². The topological polar surface area (TPSA) is 137 Å². The van der Waals surface area contributed by atoms with E-state index < -0.39 is 76.4 Å². The van der Waals surface area contributed by atoms with Crippen molar-refractivity contribution in [2.75, 3.05) is 6.61 Å². The van der Waals surface area contributed by atoms with Crippen LogP contribution in [0, 0.1) is 0 Å². The molecule has 0 N–H and O–H groups in total. The lowest BCUT2D eigenvalue weighted by atomic mass is 10.0. The molecule has 0 radical (unpaired) electrons. The molecule has 0 aromatic rings. The Morgan fingerprint density at radius 2 is 0.549 bits per heavy atom. The smallest absolute Gasteiger partial charge is 0.462 e. The summed E-state index contributed by atoms with van der Waals surface area (Å²) in [5.74, 6) is -0.396. The molecule has 13 aliphatic rings. The van der Waals surface area contributed by atoms with Crippen molar-refractivity contribution in [3.63, 3.8) is 0 Å². The molecule has 0 unspecified atom stereocenters. The van der Waals surface area contributed by atoms with Crippen LogP contribution in [0.5, 0.6) is 0 Å². The average molecular weight is 1130 g/mol. The Balaban J connectivity index is 1.16. The molecule has 0 spiro atoms. The first kappa shape index (κ1) is 52.2. The summed E-state index contributed by atoms with van der Waals surface area (Å²) >= 11 is 0. The van der Waals surface area contributed by atoms with E-state index in [9.17, 15) is 4.79 Å². The van der Waals surface area contributed by atoms with E-state index in [4.69, 9.17) is 54.1 Å². The Morgan fingerprint density at radius 3 is 0.746 bits per heavy atom. The van der Waals surface area contributed by atoms with Crippen molar-refractivity contribution in [2.24, 2.45) is 0 Å². The van der Waals surface area contributed by atoms with Crippen molar-refractivity contribution in [3.8, 4) is 0 Å². The molecule has 13 fully saturated rings. The lowest BCUT2D eigenvalue weighted by Gasteiger charge is -2.68. The summed E-state index contributed by atoms with van der Waals surface area (Å²) in [5, 5.41) is 0. The molecule has 13 rings (SSSR count). The Labute approximate surface area is 434 Å². The first-order valence-electron chi connectivity index (χ1n) is 29.8. The van der Waals surface area contributed by atoms with E-state index in [1.807, 2.05) is 0 Å². The van der Waals surface area contributed by atoms with Crippen molar-refractivity contribution in [3.05, 3.63) is 12.2 Å². The van der Waals surface area contributed by atoms with Gasteiger partial charge in [0.2, 0.25) is 0 Å². The minimum atomic E-state index is -4.19. The van der Waals surface area contributed by atoms with Crippen LogP contribution in [0.2, 0.25) is 44.8 Å². The number of carbonyl (C=O) groups is 1. The summed E-state index contributed by atoms with van der Waals surface area (Å²) in [6, 6.07) is 0.365. The first-order chi connectivity index (χ1) is 34.5. The predicted molar refractivity (Wildman–Crippen MR) is 282 cm³/mol. The molecule has 6 heterocycles. The van der Waals surface area contributed by atoms with Gasteiger partial charge in [0, 0.05) is 50.4 Å². The maximum Gasteiger partial charge on any atom is 0.482 e. The van der Waals surface area contributed by atoms with Gasteiger partial charge in [0.1, 0.15) is 0 Å². The van der Waals surface area contributed by atoms with Gasteiger partial charge < -0.3 is 54.1 Å². The summed E-state index contributed by atoms with van der Waals surface area (Å²) in [6.07, 6.45) is 36.9. The molecular weight excluding hydrogens is 1040 g/mol. The third kappa shape index (κ3) is 9.92. The van der Waals surface area contributed by atoms with Gasteiger partial charge in [-0.05, 0) is 103 Å². The maximum absolute atomic E-state index is 13.1. The molecule has 0 amide bonds. The number of hydrogen-bond donors (Lipinski definition) is 0. The molecule has 0 aromatic carbocycles. The SMILES string of the molecule is C=C(C)C(=O)OCCC[Si]12O[Si]3(C4CCCCC4)O[Si]4(C5CCCCC5)O[Si](C5CCCCC5)(O1)O[Si]1(C5CCCCC5)O[Si](C5CCCCC5)(O2)O[Si](C2CCCCC2)(O3)O[Si](C2CCCCC2)(O4)O1. The van der Waals surface area contributed by atoms with Crippen LogP contribution in [0.3, 0.4) is 0 Å². The Kier molecular flexibility index (Phi) is 15.6. The minimum absolute atomic E-state index is 0.00277. The number of rotatable bonds is 12. The van der Waals surface area contributed by atoms with Gasteiger partial charge in [-0.25, -0.2) is 4.79 Å². The summed E-state index contributed by atoms with van der Waals surface area (Å²) in [5.41, 5.74) is 0.273. The fourth-order valence-electron chi connectivity index (χ4n) is 15.6. The van der Waals surface area contributed by atoms with Gasteiger partial charge in [-0.3, -0.25) is 0 Å². The van der Waals surface area contributed by atoms with Gasteiger partial charge in [-0.1, -0.05) is 141 Å². The monoisotopic (exact) mass is 1120 g/mol. The van der Waals surface area contributed by atoms with E-state index in [1.165, 1.54) is 25.7 Å². The van der Waals surface area contributed by atoms with Crippen molar-refractivity contribution >= 4 is 76.4 Å². The normalized spacial score (nSPS) is 44.1. The lowest BCUT2D eigenvalue weighted by molar-refractivity contribution is -0.139. The predicted octanol–water partition coefficient (Wildman–Crippen LogP) is 13.6.